The van der Waals surface area contributed by atoms with Crippen molar-refractivity contribution < 1.29 is 8.42 Å². The van der Waals surface area contributed by atoms with Crippen molar-refractivity contribution in [1.82, 2.24) is 0 Å². The van der Waals surface area contributed by atoms with E-state index < -0.39 is 9.84 Å². The van der Waals surface area contributed by atoms with Crippen molar-refractivity contribution >= 4 is 59.8 Å². The summed E-state index contributed by atoms with van der Waals surface area (Å²) >= 11 is 10.3. The second-order valence-corrected chi connectivity index (χ2v) is 9.36. The first kappa shape index (κ1) is 12.9. The molecule has 2 fully saturated rings. The number of hydrogen-bond acceptors (Lipinski definition) is 4. The quantitative estimate of drug-likeness (QED) is 0.716. The van der Waals surface area contributed by atoms with E-state index in [1.165, 1.54) is 11.8 Å². The van der Waals surface area contributed by atoms with Crippen LogP contribution in [-0.2, 0) is 9.84 Å². The Morgan fingerprint density at radius 3 is 2.89 bits per heavy atom. The predicted octanol–water partition coefficient (Wildman–Crippen LogP) is 2.45. The molecule has 1 aromatic rings. The van der Waals surface area contributed by atoms with Crippen LogP contribution in [0.4, 0.5) is 5.69 Å². The van der Waals surface area contributed by atoms with Crippen LogP contribution < -0.4 is 4.90 Å². The van der Waals surface area contributed by atoms with E-state index in [1.54, 1.807) is 0 Å². The van der Waals surface area contributed by atoms with Gasteiger partial charge in [0.2, 0.25) is 0 Å². The number of rotatable bonds is 1. The highest BCUT2D eigenvalue weighted by Gasteiger charge is 2.48. The molecule has 0 aliphatic carbocycles. The number of thioether (sulfide) groups is 1. The molecule has 2 aliphatic heterocycles. The van der Waals surface area contributed by atoms with Gasteiger partial charge in [0.15, 0.2) is 9.84 Å². The van der Waals surface area contributed by atoms with Crippen LogP contribution in [0, 0.1) is 0 Å². The lowest BCUT2D eigenvalue weighted by atomic mass is 10.2. The average molecular weight is 364 g/mol. The Morgan fingerprint density at radius 1 is 1.39 bits per heavy atom. The van der Waals surface area contributed by atoms with Crippen molar-refractivity contribution in [2.45, 2.75) is 11.3 Å². The van der Waals surface area contributed by atoms with Crippen LogP contribution in [0.3, 0.4) is 0 Å². The Hall–Kier alpha value is -0.110. The van der Waals surface area contributed by atoms with E-state index in [-0.39, 0.29) is 22.8 Å². The molecule has 0 spiro atoms. The number of anilines is 1. The monoisotopic (exact) mass is 363 g/mol. The fourth-order valence-electron chi connectivity index (χ4n) is 2.39. The highest BCUT2D eigenvalue weighted by Crippen LogP contribution is 2.41. The predicted molar refractivity (Wildman–Crippen MR) is 83.0 cm³/mol. The van der Waals surface area contributed by atoms with E-state index in [9.17, 15) is 8.42 Å². The average Bonchev–Trinajstić information content (AvgIpc) is 2.68. The molecule has 3 rings (SSSR count). The van der Waals surface area contributed by atoms with Crippen LogP contribution in [0.25, 0.3) is 0 Å². The van der Waals surface area contributed by atoms with Crippen LogP contribution in [0.1, 0.15) is 0 Å². The zero-order valence-corrected chi connectivity index (χ0v) is 13.3. The molecule has 0 bridgehead atoms. The highest BCUT2D eigenvalue weighted by atomic mass is 79.9. The molecule has 0 radical (unpaired) electrons. The van der Waals surface area contributed by atoms with Crippen molar-refractivity contribution in [2.24, 2.45) is 0 Å². The van der Waals surface area contributed by atoms with Crippen LogP contribution in [0.2, 0.25) is 0 Å². The van der Waals surface area contributed by atoms with E-state index in [0.717, 1.165) is 14.5 Å². The SMILES string of the molecule is O=S1(=O)C[C@@H]2[C@@H](C1)SC(=S)N2c1cccc(Br)c1. The van der Waals surface area contributed by atoms with Crippen LogP contribution >= 0.6 is 39.9 Å². The molecule has 2 aliphatic rings. The summed E-state index contributed by atoms with van der Waals surface area (Å²) in [6, 6.07) is 7.80. The molecule has 18 heavy (non-hydrogen) atoms. The summed E-state index contributed by atoms with van der Waals surface area (Å²) in [5, 5.41) is 0.0847. The van der Waals surface area contributed by atoms with Gasteiger partial charge in [-0.05, 0) is 18.2 Å². The molecule has 0 amide bonds. The van der Waals surface area contributed by atoms with E-state index >= 15 is 0 Å². The van der Waals surface area contributed by atoms with Crippen LogP contribution in [0.5, 0.6) is 0 Å². The molecule has 3 nitrogen and oxygen atoms in total. The molecule has 7 heteroatoms. The molecule has 1 aromatic carbocycles. The maximum absolute atomic E-state index is 11.7. The zero-order chi connectivity index (χ0) is 12.9. The maximum atomic E-state index is 11.7. The molecule has 2 heterocycles. The number of benzene rings is 1. The summed E-state index contributed by atoms with van der Waals surface area (Å²) < 4.78 is 25.1. The standard InChI is InChI=1S/C11H10BrNO2S3/c12-7-2-1-3-8(4-7)13-9-5-18(14,15)6-10(9)17-11(13)16/h1-4,9-10H,5-6H2/t9-,10-/m1/s1. The Kier molecular flexibility index (Phi) is 3.20. The minimum Gasteiger partial charge on any atom is -0.322 e. The van der Waals surface area contributed by atoms with Gasteiger partial charge in [0, 0.05) is 15.4 Å². The fourth-order valence-corrected chi connectivity index (χ4v) is 7.16. The van der Waals surface area contributed by atoms with Gasteiger partial charge < -0.3 is 4.90 Å². The van der Waals surface area contributed by atoms with Gasteiger partial charge in [0.05, 0.1) is 17.5 Å². The first-order chi connectivity index (χ1) is 8.46. The largest absolute Gasteiger partial charge is 0.322 e. The van der Waals surface area contributed by atoms with Gasteiger partial charge in [-0.2, -0.15) is 0 Å². The van der Waals surface area contributed by atoms with Crippen molar-refractivity contribution in [3.8, 4) is 0 Å². The summed E-state index contributed by atoms with van der Waals surface area (Å²) in [6.45, 7) is 0. The van der Waals surface area contributed by atoms with Crippen LogP contribution in [-0.4, -0.2) is 35.5 Å². The maximum Gasteiger partial charge on any atom is 0.153 e. The molecule has 0 saturated carbocycles. The zero-order valence-electron chi connectivity index (χ0n) is 9.24. The van der Waals surface area contributed by atoms with Crippen molar-refractivity contribution in [1.29, 1.82) is 0 Å². The third-order valence-electron chi connectivity index (χ3n) is 3.14. The lowest BCUT2D eigenvalue weighted by Gasteiger charge is -2.24. The number of thiocarbonyl (C=S) groups is 1. The summed E-state index contributed by atoms with van der Waals surface area (Å²) in [4.78, 5) is 1.99. The van der Waals surface area contributed by atoms with Gasteiger partial charge in [0.25, 0.3) is 0 Å². The third kappa shape index (κ3) is 2.21. The fraction of sp³-hybridized carbons (Fsp3) is 0.364. The van der Waals surface area contributed by atoms with E-state index in [1.807, 2.05) is 29.2 Å². The second kappa shape index (κ2) is 4.47. The summed E-state index contributed by atoms with van der Waals surface area (Å²) in [5.41, 5.74) is 0.964. The number of nitrogens with zero attached hydrogens (tertiary/aromatic N) is 1. The lowest BCUT2D eigenvalue weighted by molar-refractivity contribution is 0.601. The number of hydrogen-bond donors (Lipinski definition) is 0. The summed E-state index contributed by atoms with van der Waals surface area (Å²) in [7, 11) is -2.91. The summed E-state index contributed by atoms with van der Waals surface area (Å²) in [5.74, 6) is 0.449. The van der Waals surface area contributed by atoms with Crippen molar-refractivity contribution in [3.63, 3.8) is 0 Å². The van der Waals surface area contributed by atoms with E-state index in [0.29, 0.717) is 0 Å². The van der Waals surface area contributed by atoms with Crippen molar-refractivity contribution in [2.75, 3.05) is 16.4 Å². The molecule has 96 valence electrons. The Morgan fingerprint density at radius 2 is 2.17 bits per heavy atom. The Balaban J connectivity index is 1.99. The summed E-state index contributed by atoms with van der Waals surface area (Å²) in [6.07, 6.45) is 0. The smallest absolute Gasteiger partial charge is 0.153 e. The molecule has 0 unspecified atom stereocenters. The lowest BCUT2D eigenvalue weighted by Crippen LogP contribution is -2.36. The highest BCUT2D eigenvalue weighted by molar-refractivity contribution is 9.10. The molecular weight excluding hydrogens is 354 g/mol. The molecule has 0 N–H and O–H groups in total. The first-order valence-electron chi connectivity index (χ1n) is 5.42. The normalized spacial score (nSPS) is 29.6. The molecular formula is C11H10BrNO2S3. The first-order valence-corrected chi connectivity index (χ1v) is 9.32. The Labute approximate surface area is 124 Å². The van der Waals surface area contributed by atoms with E-state index in [2.05, 4.69) is 15.9 Å². The van der Waals surface area contributed by atoms with Gasteiger partial charge in [-0.1, -0.05) is 46.0 Å². The number of fused-ring (bicyclic) bond motifs is 1. The minimum atomic E-state index is -2.91. The van der Waals surface area contributed by atoms with Gasteiger partial charge in [-0.3, -0.25) is 0 Å². The van der Waals surface area contributed by atoms with Crippen molar-refractivity contribution in [3.05, 3.63) is 28.7 Å². The number of sulfone groups is 1. The van der Waals surface area contributed by atoms with Gasteiger partial charge >= 0.3 is 0 Å². The van der Waals surface area contributed by atoms with Gasteiger partial charge in [-0.15, -0.1) is 0 Å². The van der Waals surface area contributed by atoms with Gasteiger partial charge in [0.1, 0.15) is 4.32 Å². The van der Waals surface area contributed by atoms with Crippen LogP contribution in [0.15, 0.2) is 28.7 Å². The van der Waals surface area contributed by atoms with Gasteiger partial charge in [-0.25, -0.2) is 8.42 Å². The third-order valence-corrected chi connectivity index (χ3v) is 7.23. The van der Waals surface area contributed by atoms with E-state index in [4.69, 9.17) is 12.2 Å². The minimum absolute atomic E-state index is 0.0122. The molecule has 0 aromatic heterocycles. The Bertz CT molecular complexity index is 616. The number of halogens is 1. The topological polar surface area (TPSA) is 37.4 Å². The molecule has 2 saturated heterocycles. The second-order valence-electron chi connectivity index (χ2n) is 4.42. The molecule has 2 atom stereocenters.